The van der Waals surface area contributed by atoms with Crippen LogP contribution < -0.4 is 10.1 Å². The Kier molecular flexibility index (Phi) is 3.03. The van der Waals surface area contributed by atoms with Gasteiger partial charge in [-0.3, -0.25) is 4.79 Å². The molecule has 0 unspecified atom stereocenters. The fraction of sp³-hybridized carbons (Fsp3) is 0.278. The van der Waals surface area contributed by atoms with Gasteiger partial charge in [0.15, 0.2) is 0 Å². The minimum atomic E-state index is -0.134. The number of carbonyl (C=O) groups is 1. The molecule has 2 aromatic rings. The van der Waals surface area contributed by atoms with Crippen LogP contribution in [0.15, 0.2) is 48.5 Å². The number of rotatable bonds is 3. The van der Waals surface area contributed by atoms with E-state index in [2.05, 4.69) is 5.32 Å². The van der Waals surface area contributed by atoms with Crippen LogP contribution >= 0.6 is 0 Å². The van der Waals surface area contributed by atoms with Crippen molar-refractivity contribution >= 4 is 11.6 Å². The smallest absolute Gasteiger partial charge is 0.258 e. The van der Waals surface area contributed by atoms with Gasteiger partial charge in [-0.1, -0.05) is 24.3 Å². The summed E-state index contributed by atoms with van der Waals surface area (Å²) >= 11 is 0. The molecule has 1 saturated carbocycles. The molecule has 0 spiro atoms. The molecule has 0 bridgehead atoms. The third-order valence-corrected chi connectivity index (χ3v) is 4.31. The number of amides is 1. The van der Waals surface area contributed by atoms with Crippen LogP contribution in [0, 0.1) is 0 Å². The zero-order valence-electron chi connectivity index (χ0n) is 12.5. The molecular formula is C18H18N2O2. The van der Waals surface area contributed by atoms with Gasteiger partial charge in [0.25, 0.3) is 5.91 Å². The van der Waals surface area contributed by atoms with Crippen molar-refractivity contribution in [3.05, 3.63) is 59.7 Å². The monoisotopic (exact) mass is 294 g/mol. The zero-order valence-corrected chi connectivity index (χ0v) is 12.5. The number of para-hydroxylation sites is 1. The van der Waals surface area contributed by atoms with Gasteiger partial charge in [-0.05, 0) is 42.7 Å². The Labute approximate surface area is 129 Å². The number of anilines is 1. The molecule has 1 N–H and O–H groups in total. The van der Waals surface area contributed by atoms with E-state index >= 15 is 0 Å². The van der Waals surface area contributed by atoms with Crippen molar-refractivity contribution in [3.63, 3.8) is 0 Å². The average Bonchev–Trinajstić information content (AvgIpc) is 3.39. The molecule has 0 saturated heterocycles. The topological polar surface area (TPSA) is 41.6 Å². The lowest BCUT2D eigenvalue weighted by Gasteiger charge is -2.38. The molecule has 1 fully saturated rings. The Balaban J connectivity index is 1.78. The number of nitrogens with one attached hydrogen (secondary N) is 1. The summed E-state index contributed by atoms with van der Waals surface area (Å²) in [6.07, 6.45) is 2.02. The van der Waals surface area contributed by atoms with E-state index in [0.29, 0.717) is 6.04 Å². The van der Waals surface area contributed by atoms with Gasteiger partial charge in [-0.15, -0.1) is 0 Å². The first-order chi connectivity index (χ1) is 10.8. The Morgan fingerprint density at radius 3 is 2.73 bits per heavy atom. The molecule has 1 heterocycles. The van der Waals surface area contributed by atoms with Crippen molar-refractivity contribution < 1.29 is 9.53 Å². The quantitative estimate of drug-likeness (QED) is 0.943. The minimum Gasteiger partial charge on any atom is -0.497 e. The number of carbonyl (C=O) groups excluding carboxylic acids is 1. The third-order valence-electron chi connectivity index (χ3n) is 4.31. The van der Waals surface area contributed by atoms with Crippen LogP contribution in [0.25, 0.3) is 0 Å². The summed E-state index contributed by atoms with van der Waals surface area (Å²) in [5.74, 6) is 0.922. The Morgan fingerprint density at radius 2 is 1.95 bits per heavy atom. The van der Waals surface area contributed by atoms with Gasteiger partial charge >= 0.3 is 0 Å². The lowest BCUT2D eigenvalue weighted by Crippen LogP contribution is -2.44. The second-order valence-electron chi connectivity index (χ2n) is 5.81. The molecule has 112 valence electrons. The van der Waals surface area contributed by atoms with Gasteiger partial charge in [0.1, 0.15) is 11.9 Å². The van der Waals surface area contributed by atoms with Crippen LogP contribution in [0.5, 0.6) is 5.75 Å². The largest absolute Gasteiger partial charge is 0.497 e. The molecule has 2 aromatic carbocycles. The van der Waals surface area contributed by atoms with Gasteiger partial charge < -0.3 is 15.0 Å². The number of hydrogen-bond donors (Lipinski definition) is 1. The van der Waals surface area contributed by atoms with E-state index in [1.807, 2.05) is 53.4 Å². The Hall–Kier alpha value is -2.49. The standard InChI is InChI=1S/C18H18N2O2/c1-22-14-6-4-5-12(11-14)17-19-16-8-3-2-7-15(16)18(21)20(17)13-9-10-13/h2-8,11,13,17,19H,9-10H2,1H3/t17-/m1/s1. The molecule has 1 aliphatic heterocycles. The summed E-state index contributed by atoms with van der Waals surface area (Å²) in [5, 5.41) is 3.52. The van der Waals surface area contributed by atoms with Crippen molar-refractivity contribution in [3.8, 4) is 5.75 Å². The molecule has 0 radical (unpaired) electrons. The van der Waals surface area contributed by atoms with Crippen molar-refractivity contribution in [2.24, 2.45) is 0 Å². The van der Waals surface area contributed by atoms with Gasteiger partial charge in [-0.25, -0.2) is 0 Å². The highest BCUT2D eigenvalue weighted by Crippen LogP contribution is 2.41. The van der Waals surface area contributed by atoms with Crippen LogP contribution in [-0.4, -0.2) is 24.0 Å². The second kappa shape index (κ2) is 5.05. The number of methoxy groups -OCH3 is 1. The minimum absolute atomic E-state index is 0.115. The molecule has 1 aliphatic carbocycles. The first-order valence-corrected chi connectivity index (χ1v) is 7.60. The first-order valence-electron chi connectivity index (χ1n) is 7.60. The molecule has 22 heavy (non-hydrogen) atoms. The van der Waals surface area contributed by atoms with E-state index < -0.39 is 0 Å². The Morgan fingerprint density at radius 1 is 1.14 bits per heavy atom. The van der Waals surface area contributed by atoms with Crippen molar-refractivity contribution in [2.75, 3.05) is 12.4 Å². The first kappa shape index (κ1) is 13.2. The van der Waals surface area contributed by atoms with Crippen LogP contribution in [0.3, 0.4) is 0 Å². The Bertz CT molecular complexity index is 725. The number of nitrogens with zero attached hydrogens (tertiary/aromatic N) is 1. The molecule has 4 rings (SSSR count). The third kappa shape index (κ3) is 2.11. The predicted octanol–water partition coefficient (Wildman–Crippen LogP) is 3.42. The van der Waals surface area contributed by atoms with Gasteiger partial charge in [-0.2, -0.15) is 0 Å². The van der Waals surface area contributed by atoms with Crippen molar-refractivity contribution in [1.29, 1.82) is 0 Å². The summed E-state index contributed by atoms with van der Waals surface area (Å²) < 4.78 is 5.32. The highest BCUT2D eigenvalue weighted by Gasteiger charge is 2.41. The summed E-state index contributed by atoms with van der Waals surface area (Å²) in [7, 11) is 1.66. The highest BCUT2D eigenvalue weighted by atomic mass is 16.5. The number of hydrogen-bond acceptors (Lipinski definition) is 3. The lowest BCUT2D eigenvalue weighted by molar-refractivity contribution is 0.0666. The molecule has 1 atom stereocenters. The summed E-state index contributed by atoms with van der Waals surface area (Å²) in [4.78, 5) is 14.9. The molecule has 4 nitrogen and oxygen atoms in total. The predicted molar refractivity (Wildman–Crippen MR) is 85.0 cm³/mol. The maximum absolute atomic E-state index is 12.9. The van der Waals surface area contributed by atoms with E-state index in [0.717, 1.165) is 35.4 Å². The number of benzene rings is 2. The van der Waals surface area contributed by atoms with Gasteiger partial charge in [0, 0.05) is 11.7 Å². The van der Waals surface area contributed by atoms with E-state index in [4.69, 9.17) is 4.74 Å². The number of fused-ring (bicyclic) bond motifs is 1. The molecule has 2 aliphatic rings. The maximum atomic E-state index is 12.9. The molecule has 0 aromatic heterocycles. The van der Waals surface area contributed by atoms with Crippen molar-refractivity contribution in [2.45, 2.75) is 25.0 Å². The molecule has 1 amide bonds. The normalized spacial score (nSPS) is 20.3. The zero-order chi connectivity index (χ0) is 15.1. The lowest BCUT2D eigenvalue weighted by atomic mass is 10.0. The van der Waals surface area contributed by atoms with Gasteiger partial charge in [0.2, 0.25) is 0 Å². The maximum Gasteiger partial charge on any atom is 0.258 e. The summed E-state index contributed by atoms with van der Waals surface area (Å²) in [6, 6.07) is 16.0. The van der Waals surface area contributed by atoms with Crippen LogP contribution in [0.2, 0.25) is 0 Å². The average molecular weight is 294 g/mol. The SMILES string of the molecule is COc1cccc([C@@H]2Nc3ccccc3C(=O)N2C2CC2)c1. The van der Waals surface area contributed by atoms with E-state index in [9.17, 15) is 4.79 Å². The van der Waals surface area contributed by atoms with Crippen LogP contribution in [0.1, 0.15) is 34.9 Å². The highest BCUT2D eigenvalue weighted by molar-refractivity contribution is 6.02. The molecular weight excluding hydrogens is 276 g/mol. The fourth-order valence-corrected chi connectivity index (χ4v) is 3.05. The summed E-state index contributed by atoms with van der Waals surface area (Å²) in [5.41, 5.74) is 2.71. The van der Waals surface area contributed by atoms with Crippen LogP contribution in [0.4, 0.5) is 5.69 Å². The van der Waals surface area contributed by atoms with E-state index in [-0.39, 0.29) is 12.1 Å². The van der Waals surface area contributed by atoms with E-state index in [1.165, 1.54) is 0 Å². The van der Waals surface area contributed by atoms with E-state index in [1.54, 1.807) is 7.11 Å². The fourth-order valence-electron chi connectivity index (χ4n) is 3.05. The van der Waals surface area contributed by atoms with Crippen molar-refractivity contribution in [1.82, 2.24) is 4.90 Å². The molecule has 4 heteroatoms. The number of ether oxygens (including phenoxy) is 1. The van der Waals surface area contributed by atoms with Gasteiger partial charge in [0.05, 0.1) is 12.7 Å². The summed E-state index contributed by atoms with van der Waals surface area (Å²) in [6.45, 7) is 0. The van der Waals surface area contributed by atoms with Crippen LogP contribution in [-0.2, 0) is 0 Å². The second-order valence-corrected chi connectivity index (χ2v) is 5.81.